The van der Waals surface area contributed by atoms with Gasteiger partial charge >= 0.3 is 5.76 Å². The van der Waals surface area contributed by atoms with Gasteiger partial charge in [-0.25, -0.2) is 9.78 Å². The summed E-state index contributed by atoms with van der Waals surface area (Å²) >= 11 is 0. The molecule has 2 heterocycles. The summed E-state index contributed by atoms with van der Waals surface area (Å²) in [5.41, 5.74) is 4.77. The zero-order valence-corrected chi connectivity index (χ0v) is 18.7. The second-order valence-corrected chi connectivity index (χ2v) is 7.84. The van der Waals surface area contributed by atoms with E-state index in [1.165, 1.54) is 0 Å². The number of nitrogens with one attached hydrogen (secondary N) is 2. The largest absolute Gasteiger partial charge is 0.439 e. The summed E-state index contributed by atoms with van der Waals surface area (Å²) in [5.74, 6) is 0.248. The van der Waals surface area contributed by atoms with Gasteiger partial charge in [-0.3, -0.25) is 14.3 Å². The van der Waals surface area contributed by atoms with Gasteiger partial charge in [0, 0.05) is 24.7 Å². The molecule has 0 aliphatic heterocycles. The predicted molar refractivity (Wildman–Crippen MR) is 125 cm³/mol. The quantitative estimate of drug-likeness (QED) is 0.404. The van der Waals surface area contributed by atoms with Crippen LogP contribution < -0.4 is 11.3 Å². The monoisotopic (exact) mass is 446 g/mol. The van der Waals surface area contributed by atoms with E-state index in [2.05, 4.69) is 27.0 Å². The molecule has 33 heavy (non-hydrogen) atoms. The van der Waals surface area contributed by atoms with Gasteiger partial charge in [0.05, 0.1) is 5.69 Å². The van der Waals surface area contributed by atoms with E-state index in [0.717, 1.165) is 47.2 Å². The molecular formula is C25H26N4O4. The maximum absolute atomic E-state index is 12.9. The Morgan fingerprint density at radius 2 is 1.85 bits per heavy atom. The highest BCUT2D eigenvalue weighted by Crippen LogP contribution is 2.31. The van der Waals surface area contributed by atoms with Crippen molar-refractivity contribution in [3.63, 3.8) is 0 Å². The third-order valence-corrected chi connectivity index (χ3v) is 5.44. The van der Waals surface area contributed by atoms with E-state index in [-0.39, 0.29) is 12.2 Å². The topological polar surface area (TPSA) is 114 Å². The fourth-order valence-corrected chi connectivity index (χ4v) is 3.85. The van der Waals surface area contributed by atoms with E-state index in [1.54, 1.807) is 7.11 Å². The van der Waals surface area contributed by atoms with Crippen molar-refractivity contribution in [1.29, 1.82) is 0 Å². The van der Waals surface area contributed by atoms with Crippen LogP contribution in [0.2, 0.25) is 0 Å². The Labute approximate surface area is 190 Å². The third kappa shape index (κ3) is 5.18. The minimum Gasteiger partial charge on any atom is -0.377 e. The average Bonchev–Trinajstić information content (AvgIpc) is 3.26. The number of hydrogen-bond donors (Lipinski definition) is 2. The fraction of sp³-hybridized carbons (Fsp3) is 0.280. The van der Waals surface area contributed by atoms with Crippen LogP contribution >= 0.6 is 0 Å². The molecule has 0 radical (unpaired) electrons. The van der Waals surface area contributed by atoms with Gasteiger partial charge in [0.1, 0.15) is 12.4 Å². The predicted octanol–water partition coefficient (Wildman–Crippen LogP) is 3.86. The molecule has 170 valence electrons. The molecule has 0 spiro atoms. The van der Waals surface area contributed by atoms with E-state index in [1.807, 2.05) is 48.5 Å². The zero-order valence-electron chi connectivity index (χ0n) is 18.7. The van der Waals surface area contributed by atoms with Crippen LogP contribution in [0, 0.1) is 0 Å². The maximum Gasteiger partial charge on any atom is 0.439 e. The number of aromatic amines is 2. The molecule has 4 aromatic rings. The highest BCUT2D eigenvalue weighted by atomic mass is 16.5. The number of aromatic nitrogens is 4. The molecule has 2 aromatic carbocycles. The number of hydrogen-bond acceptors (Lipinski definition) is 6. The molecule has 0 aliphatic rings. The van der Waals surface area contributed by atoms with Crippen LogP contribution in [0.3, 0.4) is 0 Å². The zero-order chi connectivity index (χ0) is 23.2. The highest BCUT2D eigenvalue weighted by molar-refractivity contribution is 5.80. The van der Waals surface area contributed by atoms with Crippen LogP contribution in [0.1, 0.15) is 42.4 Å². The Kier molecular flexibility index (Phi) is 6.95. The molecule has 2 N–H and O–H groups in total. The lowest BCUT2D eigenvalue weighted by Gasteiger charge is -2.13. The van der Waals surface area contributed by atoms with E-state index in [0.29, 0.717) is 23.6 Å². The van der Waals surface area contributed by atoms with Crippen LogP contribution in [0.5, 0.6) is 0 Å². The number of nitrogens with zero attached hydrogens (tertiary/aromatic N) is 2. The number of aryl methyl sites for hydroxylation is 1. The number of ether oxygens (including phenoxy) is 1. The van der Waals surface area contributed by atoms with Gasteiger partial charge in [-0.05, 0) is 35.6 Å². The van der Waals surface area contributed by atoms with Crippen LogP contribution in [0.15, 0.2) is 62.6 Å². The number of methoxy groups -OCH3 is 1. The van der Waals surface area contributed by atoms with Crippen LogP contribution in [0.25, 0.3) is 22.5 Å². The maximum atomic E-state index is 12.9. The Morgan fingerprint density at radius 1 is 1.03 bits per heavy atom. The van der Waals surface area contributed by atoms with E-state index in [9.17, 15) is 9.59 Å². The van der Waals surface area contributed by atoms with Crippen molar-refractivity contribution in [2.75, 3.05) is 7.11 Å². The summed E-state index contributed by atoms with van der Waals surface area (Å²) in [7, 11) is 1.57. The van der Waals surface area contributed by atoms with Gasteiger partial charge in [-0.2, -0.15) is 0 Å². The number of benzene rings is 2. The van der Waals surface area contributed by atoms with Crippen LogP contribution in [0.4, 0.5) is 0 Å². The van der Waals surface area contributed by atoms with Gasteiger partial charge in [0.25, 0.3) is 5.56 Å². The normalized spacial score (nSPS) is 11.1. The van der Waals surface area contributed by atoms with Gasteiger partial charge < -0.3 is 9.72 Å². The smallest absolute Gasteiger partial charge is 0.377 e. The van der Waals surface area contributed by atoms with Crippen molar-refractivity contribution in [1.82, 2.24) is 20.1 Å². The van der Waals surface area contributed by atoms with Gasteiger partial charge in [-0.1, -0.05) is 61.0 Å². The molecule has 0 saturated carbocycles. The molecule has 4 rings (SSSR count). The van der Waals surface area contributed by atoms with Crippen molar-refractivity contribution in [3.05, 3.63) is 92.1 Å². The van der Waals surface area contributed by atoms with Crippen molar-refractivity contribution < 1.29 is 9.26 Å². The van der Waals surface area contributed by atoms with Gasteiger partial charge in [0.15, 0.2) is 5.82 Å². The van der Waals surface area contributed by atoms with E-state index in [4.69, 9.17) is 9.26 Å². The lowest BCUT2D eigenvalue weighted by Crippen LogP contribution is -2.21. The molecule has 8 nitrogen and oxygen atoms in total. The summed E-state index contributed by atoms with van der Waals surface area (Å²) in [5, 5.41) is 3.89. The molecule has 8 heteroatoms. The molecule has 0 saturated heterocycles. The van der Waals surface area contributed by atoms with Gasteiger partial charge in [0.2, 0.25) is 0 Å². The molecule has 0 bridgehead atoms. The molecular weight excluding hydrogens is 420 g/mol. The first-order chi connectivity index (χ1) is 16.1. The summed E-state index contributed by atoms with van der Waals surface area (Å²) in [6, 6.07) is 15.7. The van der Waals surface area contributed by atoms with Crippen LogP contribution in [-0.2, 0) is 24.2 Å². The first-order valence-corrected chi connectivity index (χ1v) is 10.9. The second kappa shape index (κ2) is 10.2. The Hall–Kier alpha value is -3.78. The first kappa shape index (κ1) is 22.4. The molecule has 0 unspecified atom stereocenters. The summed E-state index contributed by atoms with van der Waals surface area (Å²) < 4.78 is 9.89. The molecule has 0 aliphatic carbocycles. The molecule has 0 amide bonds. The fourth-order valence-electron chi connectivity index (χ4n) is 3.85. The Morgan fingerprint density at radius 3 is 2.55 bits per heavy atom. The minimum absolute atomic E-state index is 0.160. The van der Waals surface area contributed by atoms with Crippen molar-refractivity contribution in [2.45, 2.75) is 39.2 Å². The standard InChI is InChI=1S/C25H26N4O4/c1-3-4-10-21-20(24(30)27-22(26-21)15-32-2)14-16-11-12-18(17-8-6-5-7-9-17)19(13-16)23-28-25(31)33-29-23/h5-9,11-13H,3-4,10,14-15H2,1-2H3,(H,26,27,30)(H,28,29,31). The molecule has 0 atom stereocenters. The SMILES string of the molecule is CCCCc1nc(COC)[nH]c(=O)c1Cc1ccc(-c2ccccc2)c(-c2noc(=O)[nH]2)c1. The Bertz CT molecular complexity index is 1340. The van der Waals surface area contributed by atoms with Crippen LogP contribution in [-0.4, -0.2) is 27.2 Å². The van der Waals surface area contributed by atoms with Crippen molar-refractivity contribution in [2.24, 2.45) is 0 Å². The highest BCUT2D eigenvalue weighted by Gasteiger charge is 2.16. The number of rotatable bonds is 9. The van der Waals surface area contributed by atoms with E-state index >= 15 is 0 Å². The molecule has 2 aromatic heterocycles. The molecule has 0 fully saturated rings. The summed E-state index contributed by atoms with van der Waals surface area (Å²) in [4.78, 5) is 34.7. The summed E-state index contributed by atoms with van der Waals surface area (Å²) in [6.45, 7) is 2.36. The van der Waals surface area contributed by atoms with Crippen molar-refractivity contribution in [3.8, 4) is 22.5 Å². The average molecular weight is 447 g/mol. The van der Waals surface area contributed by atoms with Crippen molar-refractivity contribution >= 4 is 0 Å². The first-order valence-electron chi connectivity index (χ1n) is 10.9. The third-order valence-electron chi connectivity index (χ3n) is 5.44. The number of H-pyrrole nitrogens is 2. The lowest BCUT2D eigenvalue weighted by atomic mass is 9.94. The summed E-state index contributed by atoms with van der Waals surface area (Å²) in [6.07, 6.45) is 3.06. The number of unbranched alkanes of at least 4 members (excludes halogenated alkanes) is 1. The Balaban J connectivity index is 1.78. The lowest BCUT2D eigenvalue weighted by molar-refractivity contribution is 0.177. The second-order valence-electron chi connectivity index (χ2n) is 7.84. The van der Waals surface area contributed by atoms with E-state index < -0.39 is 5.76 Å². The minimum atomic E-state index is -0.620. The van der Waals surface area contributed by atoms with Gasteiger partial charge in [-0.15, -0.1) is 0 Å².